The first-order chi connectivity index (χ1) is 6.85. The summed E-state index contributed by atoms with van der Waals surface area (Å²) in [5.41, 5.74) is 9.55. The lowest BCUT2D eigenvalue weighted by Gasteiger charge is -2.11. The zero-order valence-corrected chi connectivity index (χ0v) is 7.17. The predicted octanol–water partition coefficient (Wildman–Crippen LogP) is 1.02. The lowest BCUT2D eigenvalue weighted by Crippen LogP contribution is -2.19. The molecule has 1 heterocycles. The lowest BCUT2D eigenvalue weighted by atomic mass is 10.2. The summed E-state index contributed by atoms with van der Waals surface area (Å²) in [6, 6.07) is 1.55. The Morgan fingerprint density at radius 2 is 2.00 bits per heavy atom. The number of aromatic nitrogens is 1. The highest BCUT2D eigenvalue weighted by molar-refractivity contribution is 5.70. The number of nitrogen functional groups attached to an aromatic ring is 2. The van der Waals surface area contributed by atoms with Crippen molar-refractivity contribution in [2.75, 3.05) is 11.5 Å². The fourth-order valence-corrected chi connectivity index (χ4v) is 0.840. The van der Waals surface area contributed by atoms with Gasteiger partial charge in [-0.15, -0.1) is 13.2 Å². The van der Waals surface area contributed by atoms with Crippen LogP contribution in [0.4, 0.5) is 24.5 Å². The SMILES string of the molecule is N#Cc1c(N)cnc(OC(F)(F)F)c1N. The molecule has 0 bridgehead atoms. The fourth-order valence-electron chi connectivity index (χ4n) is 0.840. The van der Waals surface area contributed by atoms with E-state index in [1.165, 1.54) is 0 Å². The molecule has 0 atom stereocenters. The largest absolute Gasteiger partial charge is 0.574 e. The van der Waals surface area contributed by atoms with Gasteiger partial charge in [0.1, 0.15) is 17.3 Å². The number of nitriles is 1. The first-order valence-electron chi connectivity index (χ1n) is 3.55. The van der Waals surface area contributed by atoms with E-state index in [1.54, 1.807) is 6.07 Å². The highest BCUT2D eigenvalue weighted by Gasteiger charge is 2.33. The van der Waals surface area contributed by atoms with Crippen LogP contribution in [0.5, 0.6) is 5.88 Å². The Morgan fingerprint density at radius 3 is 2.47 bits per heavy atom. The van der Waals surface area contributed by atoms with E-state index in [0.29, 0.717) is 0 Å². The Labute approximate surface area is 82.1 Å². The van der Waals surface area contributed by atoms with Crippen LogP contribution in [0.1, 0.15) is 5.56 Å². The van der Waals surface area contributed by atoms with Gasteiger partial charge in [-0.05, 0) is 0 Å². The summed E-state index contributed by atoms with van der Waals surface area (Å²) < 4.78 is 39.0. The van der Waals surface area contributed by atoms with Crippen molar-refractivity contribution in [1.82, 2.24) is 4.98 Å². The van der Waals surface area contributed by atoms with Gasteiger partial charge in [0.25, 0.3) is 0 Å². The fraction of sp³-hybridized carbons (Fsp3) is 0.143. The third-order valence-electron chi connectivity index (χ3n) is 1.43. The maximum Gasteiger partial charge on any atom is 0.574 e. The van der Waals surface area contributed by atoms with Gasteiger partial charge in [-0.3, -0.25) is 0 Å². The second kappa shape index (κ2) is 3.53. The van der Waals surface area contributed by atoms with Crippen LogP contribution in [-0.2, 0) is 0 Å². The minimum Gasteiger partial charge on any atom is -0.396 e. The van der Waals surface area contributed by atoms with Crippen molar-refractivity contribution in [2.24, 2.45) is 0 Å². The van der Waals surface area contributed by atoms with Gasteiger partial charge in [0.2, 0.25) is 5.88 Å². The number of rotatable bonds is 1. The molecular formula is C7H5F3N4O. The van der Waals surface area contributed by atoms with Gasteiger partial charge in [0.05, 0.1) is 11.9 Å². The molecular weight excluding hydrogens is 213 g/mol. The van der Waals surface area contributed by atoms with E-state index >= 15 is 0 Å². The van der Waals surface area contributed by atoms with Crippen molar-refractivity contribution in [1.29, 1.82) is 5.26 Å². The molecule has 0 spiro atoms. The molecule has 0 saturated heterocycles. The molecule has 1 aromatic rings. The van der Waals surface area contributed by atoms with Crippen molar-refractivity contribution in [3.05, 3.63) is 11.8 Å². The van der Waals surface area contributed by atoms with Crippen molar-refractivity contribution < 1.29 is 17.9 Å². The number of hydrogen-bond acceptors (Lipinski definition) is 5. The zero-order chi connectivity index (χ0) is 11.6. The molecule has 0 fully saturated rings. The van der Waals surface area contributed by atoms with Gasteiger partial charge in [-0.2, -0.15) is 5.26 Å². The van der Waals surface area contributed by atoms with Gasteiger partial charge >= 0.3 is 6.36 Å². The molecule has 0 unspecified atom stereocenters. The first kappa shape index (κ1) is 10.9. The minimum absolute atomic E-state index is 0.107. The summed E-state index contributed by atoms with van der Waals surface area (Å²) in [5.74, 6) is -0.881. The average Bonchev–Trinajstić information content (AvgIpc) is 2.09. The van der Waals surface area contributed by atoms with Crippen LogP contribution in [0.25, 0.3) is 0 Å². The Hall–Kier alpha value is -2.17. The summed E-state index contributed by atoms with van der Waals surface area (Å²) in [7, 11) is 0. The van der Waals surface area contributed by atoms with Crippen molar-refractivity contribution in [3.63, 3.8) is 0 Å². The van der Waals surface area contributed by atoms with Crippen LogP contribution < -0.4 is 16.2 Å². The highest BCUT2D eigenvalue weighted by Crippen LogP contribution is 2.30. The molecule has 15 heavy (non-hydrogen) atoms. The molecule has 8 heteroatoms. The molecule has 0 saturated carbocycles. The maximum absolute atomic E-state index is 11.8. The Bertz CT molecular complexity index is 423. The van der Waals surface area contributed by atoms with Crippen LogP contribution in [0.3, 0.4) is 0 Å². The number of anilines is 2. The van der Waals surface area contributed by atoms with Gasteiger partial charge in [0, 0.05) is 0 Å². The van der Waals surface area contributed by atoms with Gasteiger partial charge in [-0.1, -0.05) is 0 Å². The number of halogens is 3. The third-order valence-corrected chi connectivity index (χ3v) is 1.43. The lowest BCUT2D eigenvalue weighted by molar-refractivity contribution is -0.275. The van der Waals surface area contributed by atoms with E-state index in [9.17, 15) is 13.2 Å². The number of pyridine rings is 1. The monoisotopic (exact) mass is 218 g/mol. The Balaban J connectivity index is 3.18. The van der Waals surface area contributed by atoms with Crippen LogP contribution in [0.15, 0.2) is 6.20 Å². The topological polar surface area (TPSA) is 98.0 Å². The summed E-state index contributed by atoms with van der Waals surface area (Å²) in [6.07, 6.45) is -4.04. The van der Waals surface area contributed by atoms with Crippen LogP contribution in [-0.4, -0.2) is 11.3 Å². The van der Waals surface area contributed by atoms with E-state index in [-0.39, 0.29) is 11.3 Å². The molecule has 1 aromatic heterocycles. The molecule has 4 N–H and O–H groups in total. The van der Waals surface area contributed by atoms with E-state index in [1.807, 2.05) is 0 Å². The molecule has 5 nitrogen and oxygen atoms in total. The van der Waals surface area contributed by atoms with Gasteiger partial charge in [-0.25, -0.2) is 4.98 Å². The van der Waals surface area contributed by atoms with E-state index < -0.39 is 17.9 Å². The standard InChI is InChI=1S/C7H5F3N4O/c8-7(9,10)15-6-5(13)3(1-11)4(12)2-14-6/h2H,12-13H2. The van der Waals surface area contributed by atoms with Crippen LogP contribution in [0.2, 0.25) is 0 Å². The number of alkyl halides is 3. The smallest absolute Gasteiger partial charge is 0.396 e. The highest BCUT2D eigenvalue weighted by atomic mass is 19.4. The molecule has 1 rings (SSSR count). The average molecular weight is 218 g/mol. The number of hydrogen-bond donors (Lipinski definition) is 2. The quantitative estimate of drug-likeness (QED) is 0.733. The van der Waals surface area contributed by atoms with E-state index in [2.05, 4.69) is 9.72 Å². The van der Waals surface area contributed by atoms with Crippen LogP contribution in [0, 0.1) is 11.3 Å². The molecule has 0 amide bonds. The number of nitrogens with two attached hydrogens (primary N) is 2. The van der Waals surface area contributed by atoms with Crippen LogP contribution >= 0.6 is 0 Å². The maximum atomic E-state index is 11.8. The minimum atomic E-state index is -4.91. The van der Waals surface area contributed by atoms with Crippen molar-refractivity contribution in [2.45, 2.75) is 6.36 Å². The molecule has 0 aliphatic carbocycles. The normalized spacial score (nSPS) is 10.8. The molecule has 80 valence electrons. The number of nitrogens with zero attached hydrogens (tertiary/aromatic N) is 2. The van der Waals surface area contributed by atoms with Gasteiger partial charge in [0.15, 0.2) is 0 Å². The molecule has 0 aliphatic heterocycles. The number of ether oxygens (including phenoxy) is 1. The third kappa shape index (κ3) is 2.40. The summed E-state index contributed by atoms with van der Waals surface area (Å²) >= 11 is 0. The van der Waals surface area contributed by atoms with E-state index in [4.69, 9.17) is 16.7 Å². The summed E-state index contributed by atoms with van der Waals surface area (Å²) in [5, 5.41) is 8.55. The Kier molecular flexibility index (Phi) is 2.57. The molecule has 0 aliphatic rings. The summed E-state index contributed by atoms with van der Waals surface area (Å²) in [4.78, 5) is 3.23. The van der Waals surface area contributed by atoms with Crippen molar-refractivity contribution >= 4 is 11.4 Å². The zero-order valence-electron chi connectivity index (χ0n) is 7.17. The summed E-state index contributed by atoms with van der Waals surface area (Å²) in [6.45, 7) is 0. The van der Waals surface area contributed by atoms with E-state index in [0.717, 1.165) is 6.20 Å². The predicted molar refractivity (Wildman–Crippen MR) is 44.5 cm³/mol. The van der Waals surface area contributed by atoms with Gasteiger partial charge < -0.3 is 16.2 Å². The van der Waals surface area contributed by atoms with Crippen molar-refractivity contribution in [3.8, 4) is 11.9 Å². The molecule has 0 radical (unpaired) electrons. The second-order valence-corrected chi connectivity index (χ2v) is 2.47. The Morgan fingerprint density at radius 1 is 1.40 bits per heavy atom. The first-order valence-corrected chi connectivity index (χ1v) is 3.55. The second-order valence-electron chi connectivity index (χ2n) is 2.47. The molecule has 0 aromatic carbocycles.